The summed E-state index contributed by atoms with van der Waals surface area (Å²) in [6, 6.07) is 6.49. The number of cyclic esters (lactones) is 1. The molecule has 2 rings (SSSR count). The molecule has 0 spiro atoms. The van der Waals surface area contributed by atoms with Gasteiger partial charge < -0.3 is 19.3 Å². The van der Waals surface area contributed by atoms with Gasteiger partial charge in [0.05, 0.1) is 5.56 Å². The van der Waals surface area contributed by atoms with E-state index >= 15 is 0 Å². The molecule has 0 bridgehead atoms. The van der Waals surface area contributed by atoms with E-state index in [-0.39, 0.29) is 25.2 Å². The molecule has 0 radical (unpaired) electrons. The SMILES string of the molecule is CCCCCC(=O)OC[C@@H](O)[C@H](OC(=O)c1ccc(Br)cc1)C1=CC(=O)OC1. The first kappa shape index (κ1) is 22.1. The molecule has 0 saturated heterocycles. The van der Waals surface area contributed by atoms with Crippen LogP contribution < -0.4 is 0 Å². The first-order valence-electron chi connectivity index (χ1n) is 9.08. The number of unbranched alkanes of at least 4 members (excludes halogenated alkanes) is 2. The molecule has 28 heavy (non-hydrogen) atoms. The number of benzene rings is 1. The molecule has 1 aromatic carbocycles. The molecular formula is C20H23BrO7. The lowest BCUT2D eigenvalue weighted by molar-refractivity contribution is -0.148. The summed E-state index contributed by atoms with van der Waals surface area (Å²) in [6.07, 6.45) is 1.55. The highest BCUT2D eigenvalue weighted by Gasteiger charge is 2.32. The fourth-order valence-corrected chi connectivity index (χ4v) is 2.85. The van der Waals surface area contributed by atoms with Crippen LogP contribution in [0.2, 0.25) is 0 Å². The van der Waals surface area contributed by atoms with Gasteiger partial charge in [-0.1, -0.05) is 35.7 Å². The van der Waals surface area contributed by atoms with Gasteiger partial charge >= 0.3 is 17.9 Å². The van der Waals surface area contributed by atoms with E-state index in [4.69, 9.17) is 14.2 Å². The Morgan fingerprint density at radius 1 is 1.25 bits per heavy atom. The number of hydrogen-bond donors (Lipinski definition) is 1. The molecule has 7 nitrogen and oxygen atoms in total. The van der Waals surface area contributed by atoms with E-state index in [0.717, 1.165) is 17.3 Å². The van der Waals surface area contributed by atoms with Gasteiger partial charge in [-0.3, -0.25) is 4.79 Å². The molecule has 1 aliphatic heterocycles. The zero-order chi connectivity index (χ0) is 20.5. The predicted molar refractivity (Wildman–Crippen MR) is 103 cm³/mol. The number of esters is 3. The van der Waals surface area contributed by atoms with Crippen molar-refractivity contribution in [3.8, 4) is 0 Å². The van der Waals surface area contributed by atoms with Crippen LogP contribution in [0.15, 0.2) is 40.4 Å². The molecule has 1 N–H and O–H groups in total. The third kappa shape index (κ3) is 6.76. The number of ether oxygens (including phenoxy) is 3. The third-order valence-electron chi connectivity index (χ3n) is 4.11. The van der Waals surface area contributed by atoms with Gasteiger partial charge in [-0.2, -0.15) is 0 Å². The van der Waals surface area contributed by atoms with Crippen LogP contribution in [-0.2, 0) is 23.8 Å². The molecule has 0 amide bonds. The largest absolute Gasteiger partial charge is 0.463 e. The van der Waals surface area contributed by atoms with Gasteiger partial charge in [-0.15, -0.1) is 0 Å². The summed E-state index contributed by atoms with van der Waals surface area (Å²) in [7, 11) is 0. The molecule has 0 fully saturated rings. The second kappa shape index (κ2) is 11.0. The minimum Gasteiger partial charge on any atom is -0.463 e. The summed E-state index contributed by atoms with van der Waals surface area (Å²) < 4.78 is 16.1. The van der Waals surface area contributed by atoms with Crippen molar-refractivity contribution < 1.29 is 33.7 Å². The summed E-state index contributed by atoms with van der Waals surface area (Å²) >= 11 is 3.28. The van der Waals surface area contributed by atoms with Crippen LogP contribution in [0.5, 0.6) is 0 Å². The summed E-state index contributed by atoms with van der Waals surface area (Å²) in [6.45, 7) is 1.57. The summed E-state index contributed by atoms with van der Waals surface area (Å²) in [5, 5.41) is 10.4. The van der Waals surface area contributed by atoms with Gasteiger partial charge in [-0.05, 0) is 30.7 Å². The predicted octanol–water partition coefficient (Wildman–Crippen LogP) is 2.94. The van der Waals surface area contributed by atoms with Crippen molar-refractivity contribution in [1.29, 1.82) is 0 Å². The van der Waals surface area contributed by atoms with E-state index in [2.05, 4.69) is 15.9 Å². The smallest absolute Gasteiger partial charge is 0.338 e. The molecule has 0 aliphatic carbocycles. The number of aliphatic hydroxyl groups excluding tert-OH is 1. The number of aliphatic hydroxyl groups is 1. The first-order valence-corrected chi connectivity index (χ1v) is 9.87. The van der Waals surface area contributed by atoms with Gasteiger partial charge in [0.1, 0.15) is 19.3 Å². The van der Waals surface area contributed by atoms with E-state index in [1.807, 2.05) is 6.92 Å². The number of halogens is 1. The molecule has 1 heterocycles. The van der Waals surface area contributed by atoms with Crippen molar-refractivity contribution in [3.63, 3.8) is 0 Å². The lowest BCUT2D eigenvalue weighted by Crippen LogP contribution is -2.37. The number of carbonyl (C=O) groups excluding carboxylic acids is 3. The van der Waals surface area contributed by atoms with Crippen LogP contribution in [-0.4, -0.2) is 48.4 Å². The quantitative estimate of drug-likeness (QED) is 0.329. The molecule has 152 valence electrons. The van der Waals surface area contributed by atoms with E-state index in [0.29, 0.717) is 12.0 Å². The maximum atomic E-state index is 12.4. The Morgan fingerprint density at radius 3 is 2.57 bits per heavy atom. The fourth-order valence-electron chi connectivity index (χ4n) is 2.58. The van der Waals surface area contributed by atoms with Gasteiger partial charge in [0, 0.05) is 22.5 Å². The van der Waals surface area contributed by atoms with Crippen molar-refractivity contribution in [1.82, 2.24) is 0 Å². The average molecular weight is 455 g/mol. The second-order valence-electron chi connectivity index (χ2n) is 6.37. The van der Waals surface area contributed by atoms with Crippen LogP contribution in [0.3, 0.4) is 0 Å². The van der Waals surface area contributed by atoms with Crippen LogP contribution >= 0.6 is 15.9 Å². The lowest BCUT2D eigenvalue weighted by Gasteiger charge is -2.23. The van der Waals surface area contributed by atoms with Crippen molar-refractivity contribution >= 4 is 33.8 Å². The standard InChI is InChI=1S/C20H23BrO7/c1-2-3-4-5-17(23)27-12-16(22)19(14-10-18(24)26-11-14)28-20(25)13-6-8-15(21)9-7-13/h6-10,16,19,22H,2-5,11-12H2,1H3/t16-,19-/m1/s1. The van der Waals surface area contributed by atoms with Crippen LogP contribution in [0, 0.1) is 0 Å². The highest BCUT2D eigenvalue weighted by Crippen LogP contribution is 2.20. The molecular weight excluding hydrogens is 432 g/mol. The zero-order valence-corrected chi connectivity index (χ0v) is 17.1. The molecule has 2 atom stereocenters. The van der Waals surface area contributed by atoms with Crippen LogP contribution in [0.25, 0.3) is 0 Å². The van der Waals surface area contributed by atoms with E-state index in [9.17, 15) is 19.5 Å². The second-order valence-corrected chi connectivity index (χ2v) is 7.28. The number of hydrogen-bond acceptors (Lipinski definition) is 7. The minimum atomic E-state index is -1.32. The van der Waals surface area contributed by atoms with Crippen molar-refractivity contribution in [3.05, 3.63) is 46.0 Å². The highest BCUT2D eigenvalue weighted by molar-refractivity contribution is 9.10. The first-order chi connectivity index (χ1) is 13.4. The number of rotatable bonds is 10. The Labute approximate surface area is 171 Å². The zero-order valence-electron chi connectivity index (χ0n) is 15.6. The van der Waals surface area contributed by atoms with Gasteiger partial charge in [-0.25, -0.2) is 9.59 Å². The topological polar surface area (TPSA) is 99.1 Å². The van der Waals surface area contributed by atoms with Crippen LogP contribution in [0.1, 0.15) is 43.0 Å². The van der Waals surface area contributed by atoms with Crippen LogP contribution in [0.4, 0.5) is 0 Å². The van der Waals surface area contributed by atoms with E-state index in [1.54, 1.807) is 24.3 Å². The van der Waals surface area contributed by atoms with Crippen molar-refractivity contribution in [2.24, 2.45) is 0 Å². The van der Waals surface area contributed by atoms with Crippen molar-refractivity contribution in [2.45, 2.75) is 44.8 Å². The third-order valence-corrected chi connectivity index (χ3v) is 4.64. The lowest BCUT2D eigenvalue weighted by atomic mass is 10.1. The molecule has 1 aromatic rings. The Hall–Kier alpha value is -2.19. The maximum absolute atomic E-state index is 12.4. The molecule has 0 aromatic heterocycles. The Balaban J connectivity index is 2.01. The van der Waals surface area contributed by atoms with Crippen molar-refractivity contribution in [2.75, 3.05) is 13.2 Å². The summed E-state index contributed by atoms with van der Waals surface area (Å²) in [5.74, 6) is -1.69. The normalized spacial score (nSPS) is 15.4. The molecule has 8 heteroatoms. The van der Waals surface area contributed by atoms with Gasteiger partial charge in [0.2, 0.25) is 0 Å². The Kier molecular flexibility index (Phi) is 8.66. The summed E-state index contributed by atoms with van der Waals surface area (Å²) in [5.41, 5.74) is 0.591. The Morgan fingerprint density at radius 2 is 1.96 bits per heavy atom. The Bertz CT molecular complexity index is 727. The molecule has 1 aliphatic rings. The van der Waals surface area contributed by atoms with E-state index < -0.39 is 30.1 Å². The maximum Gasteiger partial charge on any atom is 0.338 e. The minimum absolute atomic E-state index is 0.0986. The molecule has 0 unspecified atom stereocenters. The molecule has 0 saturated carbocycles. The fraction of sp³-hybridized carbons (Fsp3) is 0.450. The summed E-state index contributed by atoms with van der Waals surface area (Å²) in [4.78, 5) is 35.5. The average Bonchev–Trinajstić information content (AvgIpc) is 3.10. The monoisotopic (exact) mass is 454 g/mol. The highest BCUT2D eigenvalue weighted by atomic mass is 79.9. The van der Waals surface area contributed by atoms with Gasteiger partial charge in [0.15, 0.2) is 6.10 Å². The number of carbonyl (C=O) groups is 3. The van der Waals surface area contributed by atoms with E-state index in [1.165, 1.54) is 6.08 Å². The van der Waals surface area contributed by atoms with Gasteiger partial charge in [0.25, 0.3) is 0 Å².